The first kappa shape index (κ1) is 7.74. The number of nitrogens with one attached hydrogen (secondary N) is 1. The molecule has 1 aliphatic rings. The molecule has 0 spiro atoms. The van der Waals surface area contributed by atoms with Gasteiger partial charge in [0.1, 0.15) is 12.2 Å². The summed E-state index contributed by atoms with van der Waals surface area (Å²) in [5, 5.41) is 8.19. The molecule has 0 bridgehead atoms. The molecule has 11 heavy (non-hydrogen) atoms. The van der Waals surface area contributed by atoms with Crippen molar-refractivity contribution in [1.82, 2.24) is 5.48 Å². The monoisotopic (exact) mass is 157 g/mol. The lowest BCUT2D eigenvalue weighted by Gasteiger charge is -1.95. The van der Waals surface area contributed by atoms with Crippen LogP contribution in [0.5, 0.6) is 0 Å². The Hall–Kier alpha value is -1.36. The van der Waals surface area contributed by atoms with E-state index in [0.717, 1.165) is 0 Å². The van der Waals surface area contributed by atoms with E-state index in [9.17, 15) is 9.59 Å². The first-order valence-corrected chi connectivity index (χ1v) is 2.98. The second-order valence-electron chi connectivity index (χ2n) is 2.17. The molecule has 0 fully saturated rings. The number of hydrogen-bond acceptors (Lipinski definition) is 4. The van der Waals surface area contributed by atoms with Crippen molar-refractivity contribution in [2.45, 2.75) is 6.92 Å². The molecule has 0 saturated carbocycles. The number of rotatable bonds is 1. The quantitative estimate of drug-likeness (QED) is 0.230. The Labute approximate surface area is 62.6 Å². The SMILES string of the molecule is CC1=C(C(=O)NO)C(=O)OC1. The van der Waals surface area contributed by atoms with Crippen molar-refractivity contribution in [2.24, 2.45) is 0 Å². The fraction of sp³-hybridized carbons (Fsp3) is 0.333. The smallest absolute Gasteiger partial charge is 0.344 e. The highest BCUT2D eigenvalue weighted by molar-refractivity contribution is 6.17. The standard InChI is InChI=1S/C6H7NO4/c1-3-2-11-6(9)4(3)5(8)7-10/h10H,2H2,1H3,(H,7,8). The van der Waals surface area contributed by atoms with Crippen LogP contribution in [0.3, 0.4) is 0 Å². The highest BCUT2D eigenvalue weighted by Gasteiger charge is 2.27. The molecule has 0 unspecified atom stereocenters. The molecule has 0 aliphatic carbocycles. The number of amides is 1. The molecule has 0 aromatic rings. The maximum absolute atomic E-state index is 10.7. The lowest BCUT2D eigenvalue weighted by atomic mass is 10.1. The molecule has 0 atom stereocenters. The molecule has 1 amide bonds. The van der Waals surface area contributed by atoms with Crippen molar-refractivity contribution in [1.29, 1.82) is 0 Å². The van der Waals surface area contributed by atoms with E-state index in [0.29, 0.717) is 5.57 Å². The zero-order chi connectivity index (χ0) is 8.43. The summed E-state index contributed by atoms with van der Waals surface area (Å²) in [6.45, 7) is 1.72. The van der Waals surface area contributed by atoms with Crippen molar-refractivity contribution in [2.75, 3.05) is 6.61 Å². The Bertz CT molecular complexity index is 243. The summed E-state index contributed by atoms with van der Waals surface area (Å²) in [6, 6.07) is 0. The van der Waals surface area contributed by atoms with Crippen LogP contribution in [0.1, 0.15) is 6.92 Å². The molecule has 60 valence electrons. The average Bonchev–Trinajstić information content (AvgIpc) is 2.30. The Morgan fingerprint density at radius 2 is 2.36 bits per heavy atom. The predicted molar refractivity (Wildman–Crippen MR) is 33.6 cm³/mol. The molecule has 0 radical (unpaired) electrons. The zero-order valence-corrected chi connectivity index (χ0v) is 5.88. The average molecular weight is 157 g/mol. The third kappa shape index (κ3) is 1.22. The van der Waals surface area contributed by atoms with E-state index in [1.807, 2.05) is 0 Å². The third-order valence-electron chi connectivity index (χ3n) is 1.38. The van der Waals surface area contributed by atoms with Gasteiger partial charge >= 0.3 is 5.97 Å². The molecule has 2 N–H and O–H groups in total. The summed E-state index contributed by atoms with van der Waals surface area (Å²) >= 11 is 0. The summed E-state index contributed by atoms with van der Waals surface area (Å²) < 4.78 is 4.52. The molecule has 5 nitrogen and oxygen atoms in total. The fourth-order valence-electron chi connectivity index (χ4n) is 0.835. The number of esters is 1. The van der Waals surface area contributed by atoms with Crippen LogP contribution in [0.4, 0.5) is 0 Å². The van der Waals surface area contributed by atoms with Gasteiger partial charge in [-0.15, -0.1) is 0 Å². The first-order chi connectivity index (χ1) is 5.16. The van der Waals surface area contributed by atoms with E-state index in [1.54, 1.807) is 6.92 Å². The van der Waals surface area contributed by atoms with Gasteiger partial charge in [0, 0.05) is 0 Å². The highest BCUT2D eigenvalue weighted by atomic mass is 16.5. The molecule has 0 aromatic carbocycles. The number of carbonyl (C=O) groups is 2. The molecular weight excluding hydrogens is 150 g/mol. The number of ether oxygens (including phenoxy) is 1. The van der Waals surface area contributed by atoms with Gasteiger partial charge in [0.15, 0.2) is 0 Å². The van der Waals surface area contributed by atoms with Crippen LogP contribution in [0.2, 0.25) is 0 Å². The van der Waals surface area contributed by atoms with Crippen LogP contribution in [-0.4, -0.2) is 23.7 Å². The van der Waals surface area contributed by atoms with Gasteiger partial charge in [-0.05, 0) is 12.5 Å². The van der Waals surface area contributed by atoms with Gasteiger partial charge in [-0.1, -0.05) is 0 Å². The van der Waals surface area contributed by atoms with Crippen LogP contribution in [-0.2, 0) is 14.3 Å². The number of cyclic esters (lactones) is 1. The van der Waals surface area contributed by atoms with Gasteiger partial charge in [-0.3, -0.25) is 10.0 Å². The Balaban J connectivity index is 2.92. The largest absolute Gasteiger partial charge is 0.457 e. The Morgan fingerprint density at radius 3 is 2.73 bits per heavy atom. The van der Waals surface area contributed by atoms with E-state index in [1.165, 1.54) is 5.48 Å². The minimum Gasteiger partial charge on any atom is -0.457 e. The Morgan fingerprint density at radius 1 is 1.73 bits per heavy atom. The van der Waals surface area contributed by atoms with Crippen molar-refractivity contribution in [3.05, 3.63) is 11.1 Å². The molecule has 0 saturated heterocycles. The molecule has 1 heterocycles. The fourth-order valence-corrected chi connectivity index (χ4v) is 0.835. The van der Waals surface area contributed by atoms with Crippen LogP contribution in [0.25, 0.3) is 0 Å². The van der Waals surface area contributed by atoms with Crippen LogP contribution < -0.4 is 5.48 Å². The second kappa shape index (κ2) is 2.71. The third-order valence-corrected chi connectivity index (χ3v) is 1.38. The minimum absolute atomic E-state index is 0.104. The lowest BCUT2D eigenvalue weighted by molar-refractivity contribution is -0.139. The molecule has 1 rings (SSSR count). The van der Waals surface area contributed by atoms with Gasteiger partial charge in [-0.2, -0.15) is 0 Å². The van der Waals surface area contributed by atoms with Crippen molar-refractivity contribution in [3.63, 3.8) is 0 Å². The van der Waals surface area contributed by atoms with Gasteiger partial charge in [0.25, 0.3) is 5.91 Å². The van der Waals surface area contributed by atoms with Gasteiger partial charge in [0.2, 0.25) is 0 Å². The van der Waals surface area contributed by atoms with E-state index in [-0.39, 0.29) is 12.2 Å². The summed E-state index contributed by atoms with van der Waals surface area (Å²) in [6.07, 6.45) is 0. The van der Waals surface area contributed by atoms with Crippen molar-refractivity contribution >= 4 is 11.9 Å². The van der Waals surface area contributed by atoms with Crippen LogP contribution >= 0.6 is 0 Å². The number of hydrogen-bond donors (Lipinski definition) is 2. The maximum atomic E-state index is 10.7. The van der Waals surface area contributed by atoms with Gasteiger partial charge < -0.3 is 4.74 Å². The molecule has 0 aromatic heterocycles. The van der Waals surface area contributed by atoms with Gasteiger partial charge in [0.05, 0.1) is 0 Å². The van der Waals surface area contributed by atoms with Gasteiger partial charge in [-0.25, -0.2) is 10.3 Å². The van der Waals surface area contributed by atoms with Crippen LogP contribution in [0, 0.1) is 0 Å². The molecular formula is C6H7NO4. The predicted octanol–water partition coefficient (Wildman–Crippen LogP) is -0.635. The first-order valence-electron chi connectivity index (χ1n) is 2.98. The summed E-state index contributed by atoms with van der Waals surface area (Å²) in [4.78, 5) is 21.4. The number of hydroxylamine groups is 1. The second-order valence-corrected chi connectivity index (χ2v) is 2.17. The van der Waals surface area contributed by atoms with E-state index >= 15 is 0 Å². The Kier molecular flexibility index (Phi) is 1.91. The zero-order valence-electron chi connectivity index (χ0n) is 5.88. The molecule has 1 aliphatic heterocycles. The highest BCUT2D eigenvalue weighted by Crippen LogP contribution is 2.14. The molecule has 5 heteroatoms. The minimum atomic E-state index is -0.815. The van der Waals surface area contributed by atoms with Crippen molar-refractivity contribution < 1.29 is 19.5 Å². The van der Waals surface area contributed by atoms with E-state index in [4.69, 9.17) is 5.21 Å². The van der Waals surface area contributed by atoms with E-state index in [2.05, 4.69) is 4.74 Å². The summed E-state index contributed by atoms with van der Waals surface area (Å²) in [7, 11) is 0. The summed E-state index contributed by atoms with van der Waals surface area (Å²) in [5.41, 5.74) is 1.80. The van der Waals surface area contributed by atoms with Crippen molar-refractivity contribution in [3.8, 4) is 0 Å². The summed E-state index contributed by atoms with van der Waals surface area (Å²) in [5.74, 6) is -1.50. The lowest BCUT2D eigenvalue weighted by Crippen LogP contribution is -2.24. The van der Waals surface area contributed by atoms with Crippen LogP contribution in [0.15, 0.2) is 11.1 Å². The normalized spacial score (nSPS) is 16.7. The van der Waals surface area contributed by atoms with E-state index < -0.39 is 11.9 Å². The topological polar surface area (TPSA) is 75.6 Å². The maximum Gasteiger partial charge on any atom is 0.344 e. The number of carbonyl (C=O) groups excluding carboxylic acids is 2.